The van der Waals surface area contributed by atoms with E-state index in [1.807, 2.05) is 0 Å². The van der Waals surface area contributed by atoms with Crippen molar-refractivity contribution in [3.63, 3.8) is 0 Å². The fourth-order valence-corrected chi connectivity index (χ4v) is 4.73. The van der Waals surface area contributed by atoms with Crippen LogP contribution in [0.1, 0.15) is 73.1 Å². The Morgan fingerprint density at radius 2 is 1.47 bits per heavy atom. The Bertz CT molecular complexity index is 193. The maximum Gasteiger partial charge on any atom is 0.337 e. The maximum absolute atomic E-state index is 6.34. The first-order valence-corrected chi connectivity index (χ1v) is 10.7. The molecule has 1 unspecified atom stereocenters. The number of hydrogen-bond donors (Lipinski definition) is 0. The third-order valence-electron chi connectivity index (χ3n) is 4.07. The molecule has 0 aromatic rings. The van der Waals surface area contributed by atoms with Gasteiger partial charge in [0, 0.05) is 13.2 Å². The van der Waals surface area contributed by atoms with Crippen molar-refractivity contribution in [2.75, 3.05) is 13.2 Å². The molecule has 0 saturated heterocycles. The summed E-state index contributed by atoms with van der Waals surface area (Å²) in [4.78, 5) is 0. The van der Waals surface area contributed by atoms with Gasteiger partial charge in [-0.05, 0) is 30.8 Å². The van der Waals surface area contributed by atoms with Crippen molar-refractivity contribution in [3.05, 3.63) is 0 Å². The Morgan fingerprint density at radius 1 is 0.842 bits per heavy atom. The molecule has 0 radical (unpaired) electrons. The van der Waals surface area contributed by atoms with E-state index < -0.39 is 8.56 Å². The normalized spacial score (nSPS) is 13.7. The molecule has 0 aromatic carbocycles. The van der Waals surface area contributed by atoms with E-state index in [1.54, 1.807) is 0 Å². The Morgan fingerprint density at radius 3 is 1.95 bits per heavy atom. The van der Waals surface area contributed by atoms with Crippen molar-refractivity contribution in [3.8, 4) is 0 Å². The quantitative estimate of drug-likeness (QED) is 0.328. The van der Waals surface area contributed by atoms with Gasteiger partial charge >= 0.3 is 8.56 Å². The van der Waals surface area contributed by atoms with E-state index in [0.717, 1.165) is 37.6 Å². The average molecular weight is 289 g/mol. The summed E-state index contributed by atoms with van der Waals surface area (Å²) in [6, 6.07) is 2.16. The highest BCUT2D eigenvalue weighted by Gasteiger charge is 2.33. The lowest BCUT2D eigenvalue weighted by Crippen LogP contribution is -2.42. The van der Waals surface area contributed by atoms with Crippen LogP contribution >= 0.6 is 0 Å². The van der Waals surface area contributed by atoms with Crippen LogP contribution in [-0.4, -0.2) is 21.8 Å². The van der Waals surface area contributed by atoms with Crippen molar-refractivity contribution >= 4 is 8.56 Å². The summed E-state index contributed by atoms with van der Waals surface area (Å²) in [5.41, 5.74) is 0. The second-order valence-corrected chi connectivity index (χ2v) is 9.36. The van der Waals surface area contributed by atoms with E-state index in [1.165, 1.54) is 32.1 Å². The summed E-state index contributed by atoms with van der Waals surface area (Å²) in [6.07, 6.45) is 7.50. The molecule has 0 aliphatic heterocycles. The molecular formula is C16H36O2Si. The first-order valence-electron chi connectivity index (χ1n) is 8.45. The predicted octanol–water partition coefficient (Wildman–Crippen LogP) is 5.52. The van der Waals surface area contributed by atoms with Gasteiger partial charge in [0.15, 0.2) is 0 Å². The van der Waals surface area contributed by atoms with Crippen molar-refractivity contribution in [2.45, 2.75) is 85.2 Å². The number of hydrogen-bond acceptors (Lipinski definition) is 2. The molecule has 0 heterocycles. The molecule has 0 N–H and O–H groups in total. The Balaban J connectivity index is 4.22. The molecule has 1 atom stereocenters. The smallest absolute Gasteiger partial charge is 0.337 e. The minimum Gasteiger partial charge on any atom is -0.394 e. The molecule has 0 aliphatic carbocycles. The third kappa shape index (κ3) is 8.11. The summed E-state index contributed by atoms with van der Waals surface area (Å²) >= 11 is 0. The van der Waals surface area contributed by atoms with Crippen molar-refractivity contribution in [1.82, 2.24) is 0 Å². The maximum atomic E-state index is 6.34. The first kappa shape index (κ1) is 19.1. The summed E-state index contributed by atoms with van der Waals surface area (Å²) in [7, 11) is -1.90. The summed E-state index contributed by atoms with van der Waals surface area (Å²) in [5, 5.41) is 0. The summed E-state index contributed by atoms with van der Waals surface area (Å²) in [6.45, 7) is 13.0. The van der Waals surface area contributed by atoms with Gasteiger partial charge in [-0.25, -0.2) is 0 Å². The van der Waals surface area contributed by atoms with Crippen LogP contribution in [0.5, 0.6) is 0 Å². The van der Waals surface area contributed by atoms with E-state index in [4.69, 9.17) is 8.85 Å². The van der Waals surface area contributed by atoms with Crippen LogP contribution in [0.4, 0.5) is 0 Å². The van der Waals surface area contributed by atoms with Gasteiger partial charge in [0.1, 0.15) is 0 Å². The van der Waals surface area contributed by atoms with Gasteiger partial charge in [-0.2, -0.15) is 0 Å². The molecule has 0 spiro atoms. The molecular weight excluding hydrogens is 252 g/mol. The van der Waals surface area contributed by atoms with Gasteiger partial charge in [0.25, 0.3) is 0 Å². The van der Waals surface area contributed by atoms with Crippen LogP contribution in [0, 0.1) is 5.92 Å². The molecule has 19 heavy (non-hydrogen) atoms. The number of unbranched alkanes of at least 4 members (excludes halogenated alkanes) is 2. The van der Waals surface area contributed by atoms with Gasteiger partial charge in [-0.15, -0.1) is 0 Å². The van der Waals surface area contributed by atoms with Crippen LogP contribution < -0.4 is 0 Å². The number of rotatable bonds is 13. The van der Waals surface area contributed by atoms with Crippen LogP contribution in [0.15, 0.2) is 0 Å². The fraction of sp³-hybridized carbons (Fsp3) is 1.00. The zero-order valence-electron chi connectivity index (χ0n) is 14.0. The average Bonchev–Trinajstić information content (AvgIpc) is 2.46. The molecule has 0 rings (SSSR count). The second-order valence-electron chi connectivity index (χ2n) is 5.55. The lowest BCUT2D eigenvalue weighted by atomic mass is 10.0. The van der Waals surface area contributed by atoms with E-state index >= 15 is 0 Å². The molecule has 0 saturated carbocycles. The SMILES string of the molecule is CCCCO[Si](CC)(CC)OCC(CC)CCCC. The molecule has 0 amide bonds. The van der Waals surface area contributed by atoms with E-state index in [-0.39, 0.29) is 0 Å². The molecule has 3 heteroatoms. The van der Waals surface area contributed by atoms with Gasteiger partial charge in [0.2, 0.25) is 0 Å². The molecule has 0 fully saturated rings. The van der Waals surface area contributed by atoms with Crippen LogP contribution in [0.25, 0.3) is 0 Å². The zero-order chi connectivity index (χ0) is 14.6. The highest BCUT2D eigenvalue weighted by atomic mass is 28.4. The second kappa shape index (κ2) is 11.9. The standard InChI is InChI=1S/C16H36O2Si/c1-6-11-13-16(8-3)15-18-19(9-4,10-5)17-14-12-7-2/h16H,6-15H2,1-5H3. The summed E-state index contributed by atoms with van der Waals surface area (Å²) in [5.74, 6) is 0.722. The Kier molecular flexibility index (Phi) is 12.0. The van der Waals surface area contributed by atoms with E-state index in [2.05, 4.69) is 34.6 Å². The first-order chi connectivity index (χ1) is 9.17. The molecule has 116 valence electrons. The fourth-order valence-electron chi connectivity index (χ4n) is 2.27. The van der Waals surface area contributed by atoms with Gasteiger partial charge in [0.05, 0.1) is 0 Å². The molecule has 0 aromatic heterocycles. The van der Waals surface area contributed by atoms with E-state index in [9.17, 15) is 0 Å². The van der Waals surface area contributed by atoms with Crippen LogP contribution in [0.2, 0.25) is 12.1 Å². The molecule has 2 nitrogen and oxygen atoms in total. The lowest BCUT2D eigenvalue weighted by Gasteiger charge is -2.30. The minimum atomic E-state index is -1.90. The minimum absolute atomic E-state index is 0.722. The third-order valence-corrected chi connectivity index (χ3v) is 7.64. The highest BCUT2D eigenvalue weighted by Crippen LogP contribution is 2.22. The van der Waals surface area contributed by atoms with Gasteiger partial charge in [-0.1, -0.05) is 60.3 Å². The van der Waals surface area contributed by atoms with Crippen molar-refractivity contribution in [2.24, 2.45) is 5.92 Å². The monoisotopic (exact) mass is 288 g/mol. The van der Waals surface area contributed by atoms with E-state index in [0.29, 0.717) is 0 Å². The topological polar surface area (TPSA) is 18.5 Å². The summed E-state index contributed by atoms with van der Waals surface area (Å²) < 4.78 is 12.5. The van der Waals surface area contributed by atoms with Crippen LogP contribution in [-0.2, 0) is 8.85 Å². The Hall–Kier alpha value is 0.137. The molecule has 0 aliphatic rings. The largest absolute Gasteiger partial charge is 0.394 e. The zero-order valence-corrected chi connectivity index (χ0v) is 15.0. The highest BCUT2D eigenvalue weighted by molar-refractivity contribution is 6.67. The van der Waals surface area contributed by atoms with Crippen molar-refractivity contribution in [1.29, 1.82) is 0 Å². The van der Waals surface area contributed by atoms with Gasteiger partial charge < -0.3 is 8.85 Å². The lowest BCUT2D eigenvalue weighted by molar-refractivity contribution is 0.138. The molecule has 0 bridgehead atoms. The van der Waals surface area contributed by atoms with Crippen molar-refractivity contribution < 1.29 is 8.85 Å². The van der Waals surface area contributed by atoms with Gasteiger partial charge in [-0.3, -0.25) is 0 Å². The predicted molar refractivity (Wildman–Crippen MR) is 86.8 cm³/mol. The van der Waals surface area contributed by atoms with Crippen LogP contribution in [0.3, 0.4) is 0 Å². The Labute approximate surface area is 122 Å².